The number of hydrogen-bond acceptors (Lipinski definition) is 3. The van der Waals surface area contributed by atoms with Crippen LogP contribution in [0.1, 0.15) is 29.8 Å². The molecule has 0 aliphatic heterocycles. The molecular formula is C13H17FN4. The van der Waals surface area contributed by atoms with Gasteiger partial charge >= 0.3 is 0 Å². The van der Waals surface area contributed by atoms with Gasteiger partial charge in [0.25, 0.3) is 0 Å². The number of aromatic nitrogens is 2. The lowest BCUT2D eigenvalue weighted by Crippen LogP contribution is -2.30. The molecule has 4 nitrogen and oxygen atoms in total. The van der Waals surface area contributed by atoms with Gasteiger partial charge in [-0.1, -0.05) is 6.07 Å². The van der Waals surface area contributed by atoms with Crippen LogP contribution in [-0.4, -0.2) is 9.78 Å². The molecule has 0 radical (unpaired) electrons. The molecular weight excluding hydrogens is 231 g/mol. The molecule has 0 saturated carbocycles. The van der Waals surface area contributed by atoms with Gasteiger partial charge in [0.2, 0.25) is 0 Å². The van der Waals surface area contributed by atoms with Gasteiger partial charge in [0.05, 0.1) is 11.7 Å². The third kappa shape index (κ3) is 2.42. The number of halogens is 1. The molecule has 0 amide bonds. The minimum Gasteiger partial charge on any atom is -0.271 e. The van der Waals surface area contributed by atoms with Crippen LogP contribution in [0.4, 0.5) is 4.39 Å². The number of nitrogens with two attached hydrogens (primary N) is 1. The van der Waals surface area contributed by atoms with Gasteiger partial charge in [-0.2, -0.15) is 5.10 Å². The third-order valence-corrected chi connectivity index (χ3v) is 2.91. The predicted molar refractivity (Wildman–Crippen MR) is 68.2 cm³/mol. The van der Waals surface area contributed by atoms with Gasteiger partial charge in [-0.3, -0.25) is 10.5 Å². The Morgan fingerprint density at radius 1 is 1.44 bits per heavy atom. The Morgan fingerprint density at radius 2 is 2.22 bits per heavy atom. The molecule has 2 rings (SSSR count). The van der Waals surface area contributed by atoms with Crippen molar-refractivity contribution in [2.45, 2.75) is 26.4 Å². The van der Waals surface area contributed by atoms with Crippen molar-refractivity contribution in [1.82, 2.24) is 15.2 Å². The van der Waals surface area contributed by atoms with Crippen LogP contribution in [0.3, 0.4) is 0 Å². The fourth-order valence-electron chi connectivity index (χ4n) is 2.14. The molecule has 2 aromatic rings. The van der Waals surface area contributed by atoms with Crippen LogP contribution in [0, 0.1) is 12.7 Å². The lowest BCUT2D eigenvalue weighted by atomic mass is 10.0. The second-order valence-electron chi connectivity index (χ2n) is 4.23. The van der Waals surface area contributed by atoms with Gasteiger partial charge in [-0.25, -0.2) is 9.82 Å². The summed E-state index contributed by atoms with van der Waals surface area (Å²) >= 11 is 0. The summed E-state index contributed by atoms with van der Waals surface area (Å²) in [6, 6.07) is 6.52. The van der Waals surface area contributed by atoms with E-state index in [0.29, 0.717) is 0 Å². The Hall–Kier alpha value is -1.72. The molecule has 3 N–H and O–H groups in total. The first-order valence-electron chi connectivity index (χ1n) is 5.90. The highest BCUT2D eigenvalue weighted by atomic mass is 19.1. The van der Waals surface area contributed by atoms with Gasteiger partial charge in [0.15, 0.2) is 0 Å². The molecule has 0 spiro atoms. The van der Waals surface area contributed by atoms with Gasteiger partial charge < -0.3 is 0 Å². The Balaban J connectivity index is 2.45. The van der Waals surface area contributed by atoms with Gasteiger partial charge in [-0.05, 0) is 43.2 Å². The zero-order chi connectivity index (χ0) is 13.1. The number of hydrogen-bond donors (Lipinski definition) is 2. The van der Waals surface area contributed by atoms with Gasteiger partial charge in [0.1, 0.15) is 5.82 Å². The molecule has 18 heavy (non-hydrogen) atoms. The largest absolute Gasteiger partial charge is 0.271 e. The van der Waals surface area contributed by atoms with E-state index in [2.05, 4.69) is 10.5 Å². The molecule has 1 aromatic carbocycles. The topological polar surface area (TPSA) is 55.9 Å². The molecule has 0 aliphatic rings. The highest BCUT2D eigenvalue weighted by Gasteiger charge is 2.17. The average molecular weight is 248 g/mol. The van der Waals surface area contributed by atoms with Crippen LogP contribution < -0.4 is 11.3 Å². The highest BCUT2D eigenvalue weighted by molar-refractivity contribution is 5.31. The molecule has 0 aliphatic carbocycles. The third-order valence-electron chi connectivity index (χ3n) is 2.91. The van der Waals surface area contributed by atoms with Crippen molar-refractivity contribution in [3.05, 3.63) is 53.1 Å². The summed E-state index contributed by atoms with van der Waals surface area (Å²) in [6.45, 7) is 4.60. The normalized spacial score (nSPS) is 12.7. The minimum atomic E-state index is -0.262. The number of hydrazine groups is 1. The fraction of sp³-hybridized carbons (Fsp3) is 0.308. The maximum atomic E-state index is 13.5. The average Bonchev–Trinajstić information content (AvgIpc) is 2.77. The number of nitrogens with zero attached hydrogens (tertiary/aromatic N) is 2. The molecule has 0 fully saturated rings. The summed E-state index contributed by atoms with van der Waals surface area (Å²) in [5.41, 5.74) is 5.31. The summed E-state index contributed by atoms with van der Waals surface area (Å²) in [5.74, 6) is 5.35. The van der Waals surface area contributed by atoms with E-state index in [1.807, 2.05) is 30.7 Å². The van der Waals surface area contributed by atoms with Crippen LogP contribution in [0.2, 0.25) is 0 Å². The molecule has 0 bridgehead atoms. The molecule has 0 saturated heterocycles. The summed E-state index contributed by atoms with van der Waals surface area (Å²) in [6.07, 6.45) is 1.72. The monoisotopic (exact) mass is 248 g/mol. The second-order valence-corrected chi connectivity index (χ2v) is 4.23. The molecule has 96 valence electrons. The zero-order valence-electron chi connectivity index (χ0n) is 10.5. The highest BCUT2D eigenvalue weighted by Crippen LogP contribution is 2.23. The summed E-state index contributed by atoms with van der Waals surface area (Å²) < 4.78 is 15.3. The van der Waals surface area contributed by atoms with Crippen LogP contribution in [-0.2, 0) is 6.54 Å². The van der Waals surface area contributed by atoms with E-state index in [9.17, 15) is 4.39 Å². The lowest BCUT2D eigenvalue weighted by Gasteiger charge is -2.18. The van der Waals surface area contributed by atoms with E-state index in [0.717, 1.165) is 23.4 Å². The van der Waals surface area contributed by atoms with E-state index in [1.165, 1.54) is 12.1 Å². The molecule has 1 heterocycles. The number of aryl methyl sites for hydroxylation is 2. The van der Waals surface area contributed by atoms with Crippen LogP contribution in [0.25, 0.3) is 0 Å². The molecule has 5 heteroatoms. The van der Waals surface area contributed by atoms with Crippen LogP contribution in [0.5, 0.6) is 0 Å². The molecule has 1 atom stereocenters. The van der Waals surface area contributed by atoms with Crippen molar-refractivity contribution in [1.29, 1.82) is 0 Å². The first kappa shape index (κ1) is 12.7. The Labute approximate surface area is 106 Å². The summed E-state index contributed by atoms with van der Waals surface area (Å²) in [7, 11) is 0. The van der Waals surface area contributed by atoms with Gasteiger partial charge in [0, 0.05) is 12.7 Å². The van der Waals surface area contributed by atoms with Crippen molar-refractivity contribution in [2.75, 3.05) is 0 Å². The number of benzene rings is 1. The number of rotatable bonds is 4. The number of nitrogens with one attached hydrogen (secondary N) is 1. The zero-order valence-corrected chi connectivity index (χ0v) is 10.5. The van der Waals surface area contributed by atoms with Crippen molar-refractivity contribution < 1.29 is 4.39 Å². The minimum absolute atomic E-state index is 0.257. The molecule has 1 aromatic heterocycles. The van der Waals surface area contributed by atoms with Crippen molar-refractivity contribution in [2.24, 2.45) is 5.84 Å². The smallest absolute Gasteiger partial charge is 0.123 e. The van der Waals surface area contributed by atoms with E-state index in [-0.39, 0.29) is 11.9 Å². The first-order valence-corrected chi connectivity index (χ1v) is 5.90. The predicted octanol–water partition coefficient (Wildman–Crippen LogP) is 1.90. The van der Waals surface area contributed by atoms with E-state index in [1.54, 1.807) is 6.20 Å². The first-order chi connectivity index (χ1) is 8.65. The van der Waals surface area contributed by atoms with E-state index < -0.39 is 0 Å². The van der Waals surface area contributed by atoms with Gasteiger partial charge in [-0.15, -0.1) is 0 Å². The summed E-state index contributed by atoms with van der Waals surface area (Å²) in [5, 5.41) is 4.20. The fourth-order valence-corrected chi connectivity index (χ4v) is 2.14. The van der Waals surface area contributed by atoms with Crippen molar-refractivity contribution in [3.8, 4) is 0 Å². The maximum Gasteiger partial charge on any atom is 0.123 e. The SMILES string of the molecule is CCn1nccc1C(NN)c1cc(C)cc(F)c1. The summed E-state index contributed by atoms with van der Waals surface area (Å²) in [4.78, 5) is 0. The second kappa shape index (κ2) is 5.29. The van der Waals surface area contributed by atoms with Crippen LogP contribution >= 0.6 is 0 Å². The Bertz CT molecular complexity index is 515. The van der Waals surface area contributed by atoms with Crippen molar-refractivity contribution >= 4 is 0 Å². The standard InChI is InChI=1S/C13H17FN4/c1-3-18-12(4-5-16-18)13(17-15)10-6-9(2)7-11(14)8-10/h4-8,13,17H,3,15H2,1-2H3. The molecule has 1 unspecified atom stereocenters. The Morgan fingerprint density at radius 3 is 2.83 bits per heavy atom. The quantitative estimate of drug-likeness (QED) is 0.642. The Kier molecular flexibility index (Phi) is 3.74. The van der Waals surface area contributed by atoms with E-state index in [4.69, 9.17) is 5.84 Å². The maximum absolute atomic E-state index is 13.5. The van der Waals surface area contributed by atoms with E-state index >= 15 is 0 Å². The van der Waals surface area contributed by atoms with Crippen LogP contribution in [0.15, 0.2) is 30.5 Å². The lowest BCUT2D eigenvalue weighted by molar-refractivity contribution is 0.539. The van der Waals surface area contributed by atoms with Crippen molar-refractivity contribution in [3.63, 3.8) is 0 Å².